The number of para-hydroxylation sites is 1. The minimum atomic E-state index is 0.108. The Hall–Kier alpha value is -2.40. The molecule has 1 aliphatic heterocycles. The van der Waals surface area contributed by atoms with E-state index in [0.717, 1.165) is 27.1 Å². The predicted molar refractivity (Wildman–Crippen MR) is 117 cm³/mol. The van der Waals surface area contributed by atoms with E-state index in [-0.39, 0.29) is 5.37 Å². The Kier molecular flexibility index (Phi) is 4.55. The average Bonchev–Trinajstić information content (AvgIpc) is 3.28. The van der Waals surface area contributed by atoms with Crippen molar-refractivity contribution >= 4 is 46.5 Å². The number of aromatic nitrogens is 2. The molecule has 6 heteroatoms. The van der Waals surface area contributed by atoms with Crippen molar-refractivity contribution in [3.8, 4) is 5.69 Å². The number of nitrogens with zero attached hydrogens (tertiary/aromatic N) is 3. The molecule has 138 valence electrons. The largest absolute Gasteiger partial charge is 0.307 e. The molecule has 0 amide bonds. The molecule has 0 fully saturated rings. The van der Waals surface area contributed by atoms with Crippen LogP contribution in [0.5, 0.6) is 0 Å². The number of thioether (sulfide) groups is 1. The molecule has 0 N–H and O–H groups in total. The summed E-state index contributed by atoms with van der Waals surface area (Å²) in [5.41, 5.74) is 3.28. The first kappa shape index (κ1) is 17.7. The monoisotopic (exact) mass is 423 g/mol. The number of hydrogen-bond donors (Lipinski definition) is 0. The fourth-order valence-corrected chi connectivity index (χ4v) is 4.82. The van der Waals surface area contributed by atoms with Gasteiger partial charge in [0.05, 0.1) is 10.6 Å². The van der Waals surface area contributed by atoms with E-state index in [1.165, 1.54) is 5.56 Å². The molecule has 28 heavy (non-hydrogen) atoms. The van der Waals surface area contributed by atoms with Crippen LogP contribution in [0.4, 0.5) is 11.5 Å². The molecule has 3 nitrogen and oxygen atoms in total. The van der Waals surface area contributed by atoms with Gasteiger partial charge in [-0.25, -0.2) is 4.68 Å². The van der Waals surface area contributed by atoms with Crippen molar-refractivity contribution in [3.63, 3.8) is 0 Å². The molecule has 0 saturated heterocycles. The van der Waals surface area contributed by atoms with Gasteiger partial charge in [0, 0.05) is 21.9 Å². The van der Waals surface area contributed by atoms with Gasteiger partial charge in [-0.05, 0) is 54.1 Å². The summed E-state index contributed by atoms with van der Waals surface area (Å²) in [7, 11) is 0. The van der Waals surface area contributed by atoms with Gasteiger partial charge in [-0.2, -0.15) is 0 Å². The van der Waals surface area contributed by atoms with E-state index in [1.807, 2.05) is 59.3 Å². The maximum absolute atomic E-state index is 6.09. The summed E-state index contributed by atoms with van der Waals surface area (Å²) < 4.78 is 1.90. The van der Waals surface area contributed by atoms with Gasteiger partial charge >= 0.3 is 0 Å². The first-order valence-electron chi connectivity index (χ1n) is 8.81. The van der Waals surface area contributed by atoms with Crippen LogP contribution >= 0.6 is 35.0 Å². The number of anilines is 2. The molecule has 0 radical (unpaired) electrons. The van der Waals surface area contributed by atoms with Gasteiger partial charge in [0.1, 0.15) is 5.37 Å². The first-order valence-corrected chi connectivity index (χ1v) is 10.4. The van der Waals surface area contributed by atoms with Crippen molar-refractivity contribution in [1.29, 1.82) is 0 Å². The second-order valence-electron chi connectivity index (χ2n) is 6.47. The maximum Gasteiger partial charge on any atom is 0.170 e. The van der Waals surface area contributed by atoms with E-state index in [9.17, 15) is 0 Å². The number of rotatable bonds is 3. The Morgan fingerprint density at radius 1 is 0.750 bits per heavy atom. The molecule has 5 rings (SSSR count). The van der Waals surface area contributed by atoms with Crippen LogP contribution in [0, 0.1) is 0 Å². The number of halogens is 2. The Balaban J connectivity index is 1.59. The van der Waals surface area contributed by atoms with Crippen molar-refractivity contribution in [2.45, 2.75) is 10.3 Å². The van der Waals surface area contributed by atoms with Gasteiger partial charge < -0.3 is 4.90 Å². The van der Waals surface area contributed by atoms with Crippen molar-refractivity contribution in [3.05, 3.63) is 101 Å². The fraction of sp³-hybridized carbons (Fsp3) is 0.0455. The van der Waals surface area contributed by atoms with E-state index < -0.39 is 0 Å². The van der Waals surface area contributed by atoms with Crippen LogP contribution in [-0.4, -0.2) is 9.78 Å². The molecule has 0 bridgehead atoms. The van der Waals surface area contributed by atoms with Gasteiger partial charge in [-0.3, -0.25) is 0 Å². The number of fused-ring (bicyclic) bond motifs is 1. The van der Waals surface area contributed by atoms with Crippen molar-refractivity contribution in [2.24, 2.45) is 0 Å². The molecule has 1 aliphatic rings. The van der Waals surface area contributed by atoms with Gasteiger partial charge in [0.25, 0.3) is 0 Å². The van der Waals surface area contributed by atoms with E-state index in [1.54, 1.807) is 11.8 Å². The lowest BCUT2D eigenvalue weighted by molar-refractivity contribution is 0.846. The highest BCUT2D eigenvalue weighted by Crippen LogP contribution is 2.54. The smallest absolute Gasteiger partial charge is 0.170 e. The van der Waals surface area contributed by atoms with Gasteiger partial charge in [0.15, 0.2) is 5.82 Å². The third-order valence-electron chi connectivity index (χ3n) is 4.64. The summed E-state index contributed by atoms with van der Waals surface area (Å²) in [6.45, 7) is 0. The lowest BCUT2D eigenvalue weighted by Crippen LogP contribution is -2.18. The van der Waals surface area contributed by atoms with Gasteiger partial charge in [-0.1, -0.05) is 65.3 Å². The minimum absolute atomic E-state index is 0.108. The second-order valence-corrected chi connectivity index (χ2v) is 8.46. The maximum atomic E-state index is 6.09. The second kappa shape index (κ2) is 7.21. The molecule has 0 spiro atoms. The lowest BCUT2D eigenvalue weighted by Gasteiger charge is -2.26. The van der Waals surface area contributed by atoms with Crippen molar-refractivity contribution in [1.82, 2.24) is 9.78 Å². The summed E-state index contributed by atoms with van der Waals surface area (Å²) in [6, 6.07) is 26.1. The summed E-state index contributed by atoms with van der Waals surface area (Å²) in [4.78, 5) is 3.41. The average molecular weight is 424 g/mol. The highest BCUT2D eigenvalue weighted by atomic mass is 35.5. The Morgan fingerprint density at radius 2 is 1.39 bits per heavy atom. The number of benzene rings is 3. The standard InChI is InChI=1S/C22H15Cl2N3S/c23-16-8-6-15(7-9-16)22-27(19-4-2-1-3-5-19)21-20(28-22)14-26(25-21)18-12-10-17(24)11-13-18/h1-14,22H. The quantitative estimate of drug-likeness (QED) is 0.349. The minimum Gasteiger partial charge on any atom is -0.307 e. The van der Waals surface area contributed by atoms with Crippen LogP contribution in [0.15, 0.2) is 90.0 Å². The topological polar surface area (TPSA) is 21.1 Å². The molecule has 1 unspecified atom stereocenters. The Bertz CT molecular complexity index is 1110. The third kappa shape index (κ3) is 3.18. The zero-order valence-electron chi connectivity index (χ0n) is 14.7. The molecule has 0 saturated carbocycles. The molecular weight excluding hydrogens is 409 g/mol. The van der Waals surface area contributed by atoms with Crippen LogP contribution in [0.2, 0.25) is 10.0 Å². The first-order chi connectivity index (χ1) is 13.7. The third-order valence-corrected chi connectivity index (χ3v) is 6.40. The van der Waals surface area contributed by atoms with Crippen LogP contribution in [0.1, 0.15) is 10.9 Å². The molecular formula is C22H15Cl2N3S. The van der Waals surface area contributed by atoms with Crippen molar-refractivity contribution in [2.75, 3.05) is 4.90 Å². The van der Waals surface area contributed by atoms with E-state index in [0.29, 0.717) is 5.02 Å². The van der Waals surface area contributed by atoms with Crippen LogP contribution < -0.4 is 4.90 Å². The van der Waals surface area contributed by atoms with E-state index in [4.69, 9.17) is 28.3 Å². The van der Waals surface area contributed by atoms with E-state index in [2.05, 4.69) is 35.4 Å². The summed E-state index contributed by atoms with van der Waals surface area (Å²) in [5, 5.41) is 6.46. The lowest BCUT2D eigenvalue weighted by atomic mass is 10.2. The molecule has 4 aromatic rings. The predicted octanol–water partition coefficient (Wildman–Crippen LogP) is 7.12. The van der Waals surface area contributed by atoms with Crippen LogP contribution in [-0.2, 0) is 0 Å². The molecule has 3 aromatic carbocycles. The SMILES string of the molecule is Clc1ccc(C2Sc3cn(-c4ccc(Cl)cc4)nc3N2c2ccccc2)cc1. The highest BCUT2D eigenvalue weighted by molar-refractivity contribution is 8.00. The van der Waals surface area contributed by atoms with Gasteiger partial charge in [0.2, 0.25) is 0 Å². The molecule has 2 heterocycles. The van der Waals surface area contributed by atoms with E-state index >= 15 is 0 Å². The highest BCUT2D eigenvalue weighted by Gasteiger charge is 2.35. The molecule has 1 aromatic heterocycles. The molecule has 0 aliphatic carbocycles. The van der Waals surface area contributed by atoms with Crippen molar-refractivity contribution < 1.29 is 0 Å². The summed E-state index contributed by atoms with van der Waals surface area (Å²) in [6.07, 6.45) is 2.08. The van der Waals surface area contributed by atoms with Gasteiger partial charge in [-0.15, -0.1) is 5.10 Å². The zero-order valence-corrected chi connectivity index (χ0v) is 17.0. The fourth-order valence-electron chi connectivity index (χ4n) is 3.30. The Labute approximate surface area is 177 Å². The summed E-state index contributed by atoms with van der Waals surface area (Å²) in [5.74, 6) is 0.950. The van der Waals surface area contributed by atoms with Crippen LogP contribution in [0.25, 0.3) is 5.69 Å². The zero-order chi connectivity index (χ0) is 19.1. The summed E-state index contributed by atoms with van der Waals surface area (Å²) >= 11 is 13.9. The number of hydrogen-bond acceptors (Lipinski definition) is 3. The molecule has 1 atom stereocenters. The normalized spacial score (nSPS) is 15.6. The van der Waals surface area contributed by atoms with Crippen LogP contribution in [0.3, 0.4) is 0 Å². The Morgan fingerprint density at radius 3 is 2.07 bits per heavy atom.